The monoisotopic (exact) mass is 489 g/mol. The quantitative estimate of drug-likeness (QED) is 0.500. The number of nitrogens with one attached hydrogen (secondary N) is 2. The van der Waals surface area contributed by atoms with Crippen LogP contribution < -0.4 is 21.9 Å². The van der Waals surface area contributed by atoms with Crippen molar-refractivity contribution < 1.29 is 9.59 Å². The van der Waals surface area contributed by atoms with Gasteiger partial charge in [-0.25, -0.2) is 4.79 Å². The average Bonchev–Trinajstić information content (AvgIpc) is 2.80. The van der Waals surface area contributed by atoms with Crippen molar-refractivity contribution in [2.24, 2.45) is 0 Å². The van der Waals surface area contributed by atoms with Crippen molar-refractivity contribution in [3.63, 3.8) is 0 Å². The standard InChI is InChI=1S/C22H21Cl2N5O4/c1-25-19(30)9-11-28-20(31)13-27-29(22(28)33)15-6-7-18(24)16(12-15)21(32)26-10-8-14-4-2-3-5-17(14)23/h2-7,12-13H,8-11H2,1H3,(H,25,30)(H,26,32). The van der Waals surface area contributed by atoms with Gasteiger partial charge < -0.3 is 10.6 Å². The Balaban J connectivity index is 1.81. The summed E-state index contributed by atoms with van der Waals surface area (Å²) in [7, 11) is 1.46. The molecule has 0 aliphatic rings. The highest BCUT2D eigenvalue weighted by molar-refractivity contribution is 6.34. The van der Waals surface area contributed by atoms with E-state index in [9.17, 15) is 19.2 Å². The molecule has 1 heterocycles. The van der Waals surface area contributed by atoms with Crippen LogP contribution in [0.25, 0.3) is 5.69 Å². The third-order valence-electron chi connectivity index (χ3n) is 4.88. The van der Waals surface area contributed by atoms with Crippen LogP contribution in [0.15, 0.2) is 58.3 Å². The van der Waals surface area contributed by atoms with Crippen molar-refractivity contribution in [2.45, 2.75) is 19.4 Å². The van der Waals surface area contributed by atoms with Crippen molar-refractivity contribution in [1.29, 1.82) is 0 Å². The van der Waals surface area contributed by atoms with E-state index < -0.39 is 17.2 Å². The van der Waals surface area contributed by atoms with Gasteiger partial charge in [-0.2, -0.15) is 9.78 Å². The zero-order chi connectivity index (χ0) is 24.0. The highest BCUT2D eigenvalue weighted by Crippen LogP contribution is 2.19. The van der Waals surface area contributed by atoms with Gasteiger partial charge in [-0.3, -0.25) is 19.0 Å². The molecule has 11 heteroatoms. The number of carbonyl (C=O) groups is 2. The molecule has 3 rings (SSSR count). The van der Waals surface area contributed by atoms with Crippen LogP contribution >= 0.6 is 23.2 Å². The van der Waals surface area contributed by atoms with Gasteiger partial charge in [-0.1, -0.05) is 41.4 Å². The summed E-state index contributed by atoms with van der Waals surface area (Å²) in [5.74, 6) is -0.748. The van der Waals surface area contributed by atoms with Gasteiger partial charge in [0, 0.05) is 31.6 Å². The lowest BCUT2D eigenvalue weighted by atomic mass is 10.1. The maximum Gasteiger partial charge on any atom is 0.352 e. The largest absolute Gasteiger partial charge is 0.359 e. The number of benzene rings is 2. The molecular weight excluding hydrogens is 469 g/mol. The van der Waals surface area contributed by atoms with Crippen LogP contribution in [-0.2, 0) is 17.8 Å². The molecular formula is C22H21Cl2N5O4. The molecule has 0 fully saturated rings. The first-order valence-electron chi connectivity index (χ1n) is 10.0. The normalized spacial score (nSPS) is 10.6. The number of aromatic nitrogens is 3. The average molecular weight is 490 g/mol. The molecule has 0 aliphatic carbocycles. The number of hydrogen-bond acceptors (Lipinski definition) is 5. The molecule has 1 aromatic heterocycles. The first kappa shape index (κ1) is 24.2. The summed E-state index contributed by atoms with van der Waals surface area (Å²) in [4.78, 5) is 49.1. The number of nitrogens with zero attached hydrogens (tertiary/aromatic N) is 3. The molecule has 3 aromatic rings. The maximum atomic E-state index is 12.8. The Morgan fingerprint density at radius 1 is 1.06 bits per heavy atom. The van der Waals surface area contributed by atoms with E-state index in [2.05, 4.69) is 15.7 Å². The van der Waals surface area contributed by atoms with Gasteiger partial charge in [0.1, 0.15) is 6.20 Å². The minimum Gasteiger partial charge on any atom is -0.359 e. The molecule has 9 nitrogen and oxygen atoms in total. The molecule has 0 aliphatic heterocycles. The van der Waals surface area contributed by atoms with Gasteiger partial charge in [0.2, 0.25) is 5.91 Å². The van der Waals surface area contributed by atoms with E-state index in [1.165, 1.54) is 25.2 Å². The summed E-state index contributed by atoms with van der Waals surface area (Å²) < 4.78 is 1.88. The Bertz CT molecular complexity index is 1300. The van der Waals surface area contributed by atoms with Crippen LogP contribution in [0.5, 0.6) is 0 Å². The minimum absolute atomic E-state index is 0.0463. The number of carbonyl (C=O) groups excluding carboxylic acids is 2. The predicted molar refractivity (Wildman–Crippen MR) is 125 cm³/mol. The van der Waals surface area contributed by atoms with E-state index in [0.717, 1.165) is 21.0 Å². The Labute approximate surface area is 198 Å². The third kappa shape index (κ3) is 5.88. The van der Waals surface area contributed by atoms with E-state index >= 15 is 0 Å². The number of rotatable bonds is 8. The Kier molecular flexibility index (Phi) is 8.02. The van der Waals surface area contributed by atoms with Crippen molar-refractivity contribution in [3.8, 4) is 5.69 Å². The first-order chi connectivity index (χ1) is 15.8. The molecule has 172 valence electrons. The first-order valence-corrected chi connectivity index (χ1v) is 10.8. The van der Waals surface area contributed by atoms with Crippen molar-refractivity contribution >= 4 is 35.0 Å². The van der Waals surface area contributed by atoms with Gasteiger partial charge in [-0.15, -0.1) is 0 Å². The molecule has 2 amide bonds. The lowest BCUT2D eigenvalue weighted by Gasteiger charge is -2.11. The molecule has 33 heavy (non-hydrogen) atoms. The highest BCUT2D eigenvalue weighted by atomic mass is 35.5. The van der Waals surface area contributed by atoms with Crippen LogP contribution in [-0.4, -0.2) is 39.8 Å². The topological polar surface area (TPSA) is 115 Å². The summed E-state index contributed by atoms with van der Waals surface area (Å²) in [5.41, 5.74) is -0.0842. The summed E-state index contributed by atoms with van der Waals surface area (Å²) in [6, 6.07) is 11.7. The molecule has 0 radical (unpaired) electrons. The van der Waals surface area contributed by atoms with E-state index in [4.69, 9.17) is 23.2 Å². The molecule has 0 unspecified atom stereocenters. The molecule has 2 N–H and O–H groups in total. The third-order valence-corrected chi connectivity index (χ3v) is 5.58. The van der Waals surface area contributed by atoms with Gasteiger partial charge in [0.05, 0.1) is 16.3 Å². The minimum atomic E-state index is -0.737. The Morgan fingerprint density at radius 2 is 1.82 bits per heavy atom. The Hall–Kier alpha value is -3.43. The lowest BCUT2D eigenvalue weighted by Crippen LogP contribution is -2.41. The molecule has 0 atom stereocenters. The smallest absolute Gasteiger partial charge is 0.352 e. The van der Waals surface area contributed by atoms with Crippen molar-refractivity contribution in [1.82, 2.24) is 25.0 Å². The summed E-state index contributed by atoms with van der Waals surface area (Å²) >= 11 is 12.3. The second-order valence-electron chi connectivity index (χ2n) is 7.01. The van der Waals surface area contributed by atoms with Crippen molar-refractivity contribution in [2.75, 3.05) is 13.6 Å². The molecule has 0 spiro atoms. The second kappa shape index (κ2) is 10.9. The van der Waals surface area contributed by atoms with E-state index in [1.54, 1.807) is 6.07 Å². The van der Waals surface area contributed by atoms with Gasteiger partial charge >= 0.3 is 5.69 Å². The SMILES string of the molecule is CNC(=O)CCn1c(=O)cnn(-c2ccc(Cl)c(C(=O)NCCc3ccccc3Cl)c2)c1=O. The van der Waals surface area contributed by atoms with E-state index in [1.807, 2.05) is 18.2 Å². The summed E-state index contributed by atoms with van der Waals surface area (Å²) in [6.07, 6.45) is 1.46. The fourth-order valence-electron chi connectivity index (χ4n) is 3.08. The van der Waals surface area contributed by atoms with Crippen LogP contribution in [0.4, 0.5) is 0 Å². The summed E-state index contributed by atoms with van der Waals surface area (Å²) in [6.45, 7) is 0.217. The number of hydrogen-bond donors (Lipinski definition) is 2. The zero-order valence-corrected chi connectivity index (χ0v) is 19.2. The number of halogens is 2. The van der Waals surface area contributed by atoms with E-state index in [0.29, 0.717) is 18.0 Å². The van der Waals surface area contributed by atoms with Gasteiger partial charge in [-0.05, 0) is 36.2 Å². The van der Waals surface area contributed by atoms with Crippen LogP contribution in [0.2, 0.25) is 10.0 Å². The molecule has 0 bridgehead atoms. The lowest BCUT2D eigenvalue weighted by molar-refractivity contribution is -0.120. The van der Waals surface area contributed by atoms with Gasteiger partial charge in [0.15, 0.2) is 0 Å². The summed E-state index contributed by atoms with van der Waals surface area (Å²) in [5, 5.41) is 9.89. The maximum absolute atomic E-state index is 12.8. The second-order valence-corrected chi connectivity index (χ2v) is 7.83. The fourth-order valence-corrected chi connectivity index (χ4v) is 3.52. The van der Waals surface area contributed by atoms with Crippen LogP contribution in [0, 0.1) is 0 Å². The fraction of sp³-hybridized carbons (Fsp3) is 0.227. The highest BCUT2D eigenvalue weighted by Gasteiger charge is 2.15. The molecule has 0 saturated heterocycles. The van der Waals surface area contributed by atoms with Crippen molar-refractivity contribution in [3.05, 3.63) is 90.7 Å². The van der Waals surface area contributed by atoms with Crippen LogP contribution in [0.1, 0.15) is 22.3 Å². The number of amides is 2. The van der Waals surface area contributed by atoms with E-state index in [-0.39, 0.29) is 35.1 Å². The zero-order valence-electron chi connectivity index (χ0n) is 17.7. The molecule has 2 aromatic carbocycles. The predicted octanol–water partition coefficient (Wildman–Crippen LogP) is 1.81. The Morgan fingerprint density at radius 3 is 2.55 bits per heavy atom. The van der Waals surface area contributed by atoms with Gasteiger partial charge in [0.25, 0.3) is 11.5 Å². The molecule has 0 saturated carbocycles. The van der Waals surface area contributed by atoms with Crippen LogP contribution in [0.3, 0.4) is 0 Å².